The number of hydrogen-bond acceptors (Lipinski definition) is 3. The Morgan fingerprint density at radius 1 is 1.36 bits per heavy atom. The average molecular weight is 317 g/mol. The van der Waals surface area contributed by atoms with Crippen LogP contribution in [0.2, 0.25) is 0 Å². The standard InChI is InChI=1S/C15H18N3OP.C2H6/c1-3-5-10(8-16)14-11(4-2)12-6-7-18(20)9-13(12)15(19)17-14;1-2/h3-5H,6-7,9,20H2,1-2H3,(H,17,19);1-2H3/b5-3-,11-4-,14-10-;. The normalized spacial score (nSPS) is 16.6. The molecule has 118 valence electrons. The average Bonchev–Trinajstić information content (AvgIpc) is 2.55. The van der Waals surface area contributed by atoms with Crippen LogP contribution in [0.15, 0.2) is 16.9 Å². The van der Waals surface area contributed by atoms with Crippen LogP contribution >= 0.6 is 9.39 Å². The van der Waals surface area contributed by atoms with E-state index in [9.17, 15) is 10.1 Å². The summed E-state index contributed by atoms with van der Waals surface area (Å²) in [5, 5.41) is 10.9. The van der Waals surface area contributed by atoms with Crippen LogP contribution in [0.4, 0.5) is 0 Å². The van der Waals surface area contributed by atoms with Crippen LogP contribution in [0, 0.1) is 11.3 Å². The molecule has 2 rings (SSSR count). The van der Waals surface area contributed by atoms with Gasteiger partial charge in [0.05, 0.1) is 10.9 Å². The lowest BCUT2D eigenvalue weighted by atomic mass is 9.99. The number of rotatable bonds is 1. The van der Waals surface area contributed by atoms with Gasteiger partial charge in [-0.15, -0.1) is 0 Å². The predicted octanol–water partition coefficient (Wildman–Crippen LogP) is 1.60. The summed E-state index contributed by atoms with van der Waals surface area (Å²) < 4.78 is 2.05. The van der Waals surface area contributed by atoms with E-state index >= 15 is 0 Å². The maximum Gasteiger partial charge on any atom is 0.253 e. The third-order valence-corrected chi connectivity index (χ3v) is 3.93. The number of nitrogens with one attached hydrogen (secondary N) is 1. The van der Waals surface area contributed by atoms with Crippen molar-refractivity contribution in [3.05, 3.63) is 44.2 Å². The second-order valence-electron chi connectivity index (χ2n) is 4.73. The molecule has 0 saturated heterocycles. The molecule has 0 spiro atoms. The van der Waals surface area contributed by atoms with E-state index < -0.39 is 0 Å². The molecule has 1 aliphatic heterocycles. The van der Waals surface area contributed by atoms with E-state index in [4.69, 9.17) is 0 Å². The molecule has 2 heterocycles. The van der Waals surface area contributed by atoms with Crippen LogP contribution in [-0.4, -0.2) is 16.2 Å². The molecule has 0 fully saturated rings. The fourth-order valence-electron chi connectivity index (χ4n) is 2.57. The van der Waals surface area contributed by atoms with Crippen molar-refractivity contribution in [2.75, 3.05) is 6.54 Å². The molecule has 1 aromatic rings. The first-order chi connectivity index (χ1) is 10.6. The van der Waals surface area contributed by atoms with Crippen molar-refractivity contribution in [3.63, 3.8) is 0 Å². The predicted molar refractivity (Wildman–Crippen MR) is 95.5 cm³/mol. The van der Waals surface area contributed by atoms with Gasteiger partial charge in [0.15, 0.2) is 0 Å². The lowest BCUT2D eigenvalue weighted by Gasteiger charge is -2.24. The molecule has 0 saturated carbocycles. The van der Waals surface area contributed by atoms with Crippen LogP contribution in [0.5, 0.6) is 0 Å². The van der Waals surface area contributed by atoms with E-state index in [-0.39, 0.29) is 5.56 Å². The zero-order chi connectivity index (χ0) is 16.7. The molecule has 1 aliphatic rings. The van der Waals surface area contributed by atoms with Crippen LogP contribution in [0.25, 0.3) is 11.6 Å². The summed E-state index contributed by atoms with van der Waals surface area (Å²) in [5.41, 5.74) is 2.28. The van der Waals surface area contributed by atoms with Gasteiger partial charge in [0.25, 0.3) is 5.56 Å². The van der Waals surface area contributed by atoms with Gasteiger partial charge in [-0.05, 0) is 37.1 Å². The molecule has 4 nitrogen and oxygen atoms in total. The third-order valence-electron chi connectivity index (χ3n) is 3.49. The zero-order valence-electron chi connectivity index (χ0n) is 13.7. The molecular formula is C17H24N3OP. The molecule has 0 amide bonds. The largest absolute Gasteiger partial charge is 0.321 e. The van der Waals surface area contributed by atoms with Gasteiger partial charge in [-0.2, -0.15) is 5.26 Å². The molecule has 5 heteroatoms. The van der Waals surface area contributed by atoms with Crippen molar-refractivity contribution in [2.45, 2.75) is 40.7 Å². The van der Waals surface area contributed by atoms with Gasteiger partial charge in [-0.1, -0.05) is 35.4 Å². The van der Waals surface area contributed by atoms with Crippen molar-refractivity contribution in [1.82, 2.24) is 9.65 Å². The Balaban J connectivity index is 0.00000116. The first-order valence-corrected chi connectivity index (χ1v) is 8.11. The first kappa shape index (κ1) is 18.4. The Bertz CT molecular complexity index is 769. The summed E-state index contributed by atoms with van der Waals surface area (Å²) in [6.07, 6.45) is 6.34. The summed E-state index contributed by atoms with van der Waals surface area (Å²) in [7, 11) is 2.64. The van der Waals surface area contributed by atoms with Gasteiger partial charge >= 0.3 is 0 Å². The number of nitrogens with zero attached hydrogens (tertiary/aromatic N) is 2. The highest BCUT2D eigenvalue weighted by molar-refractivity contribution is 7.13. The zero-order valence-corrected chi connectivity index (χ0v) is 14.9. The molecule has 0 aromatic carbocycles. The summed E-state index contributed by atoms with van der Waals surface area (Å²) in [6.45, 7) is 9.32. The Hall–Kier alpha value is -1.69. The van der Waals surface area contributed by atoms with Crippen molar-refractivity contribution >= 4 is 21.0 Å². The maximum atomic E-state index is 12.3. The van der Waals surface area contributed by atoms with Gasteiger partial charge in [0.1, 0.15) is 6.07 Å². The minimum Gasteiger partial charge on any atom is -0.321 e. The van der Waals surface area contributed by atoms with Crippen molar-refractivity contribution in [3.8, 4) is 6.07 Å². The fourth-order valence-corrected chi connectivity index (χ4v) is 2.88. The topological polar surface area (TPSA) is 59.9 Å². The molecule has 0 bridgehead atoms. The Kier molecular flexibility index (Phi) is 7.24. The second kappa shape index (κ2) is 8.68. The summed E-state index contributed by atoms with van der Waals surface area (Å²) in [6, 6.07) is 2.16. The van der Waals surface area contributed by atoms with Crippen molar-refractivity contribution in [1.29, 1.82) is 5.26 Å². The molecule has 1 aromatic heterocycles. The maximum absolute atomic E-state index is 12.3. The number of aromatic nitrogens is 1. The van der Waals surface area contributed by atoms with Crippen LogP contribution in [0.3, 0.4) is 0 Å². The number of hydrogen-bond donors (Lipinski definition) is 1. The fraction of sp³-hybridized carbons (Fsp3) is 0.412. The number of fused-ring (bicyclic) bond motifs is 1. The van der Waals surface area contributed by atoms with E-state index in [1.165, 1.54) is 0 Å². The van der Waals surface area contributed by atoms with Gasteiger partial charge in [-0.3, -0.25) is 9.46 Å². The molecular weight excluding hydrogens is 293 g/mol. The quantitative estimate of drug-likeness (QED) is 0.801. The van der Waals surface area contributed by atoms with E-state index in [0.29, 0.717) is 17.5 Å². The summed E-state index contributed by atoms with van der Waals surface area (Å²) in [4.78, 5) is 15.1. The van der Waals surface area contributed by atoms with E-state index in [2.05, 4.69) is 25.1 Å². The minimum absolute atomic E-state index is 0.0926. The second-order valence-corrected chi connectivity index (χ2v) is 5.46. The first-order valence-electron chi connectivity index (χ1n) is 7.59. The molecule has 0 aliphatic carbocycles. The van der Waals surface area contributed by atoms with Gasteiger partial charge in [-0.25, -0.2) is 0 Å². The highest BCUT2D eigenvalue weighted by Gasteiger charge is 2.18. The van der Waals surface area contributed by atoms with Crippen molar-refractivity contribution < 1.29 is 0 Å². The molecule has 1 unspecified atom stereocenters. The molecule has 1 N–H and O–H groups in total. The highest BCUT2D eigenvalue weighted by Crippen LogP contribution is 2.14. The van der Waals surface area contributed by atoms with Crippen LogP contribution in [-0.2, 0) is 13.0 Å². The minimum atomic E-state index is -0.0926. The molecule has 22 heavy (non-hydrogen) atoms. The van der Waals surface area contributed by atoms with Crippen molar-refractivity contribution in [2.24, 2.45) is 0 Å². The smallest absolute Gasteiger partial charge is 0.253 e. The van der Waals surface area contributed by atoms with Gasteiger partial charge in [0.2, 0.25) is 0 Å². The number of allylic oxidation sites excluding steroid dienone is 2. The lowest BCUT2D eigenvalue weighted by Crippen LogP contribution is -2.44. The lowest BCUT2D eigenvalue weighted by molar-refractivity contribution is 0.438. The Morgan fingerprint density at radius 3 is 2.59 bits per heavy atom. The Labute approximate surface area is 134 Å². The van der Waals surface area contributed by atoms with Crippen LogP contribution < -0.4 is 16.1 Å². The Morgan fingerprint density at radius 2 is 2.05 bits per heavy atom. The number of aromatic amines is 1. The monoisotopic (exact) mass is 317 g/mol. The SMILES string of the molecule is CC.C\C=C/C(C#N)=c1/[nH]c(=O)c2c(/c1=C/C)CCN(P)C2. The third kappa shape index (κ3) is 3.74. The van der Waals surface area contributed by atoms with Crippen LogP contribution in [0.1, 0.15) is 38.8 Å². The number of H-pyrrole nitrogens is 1. The highest BCUT2D eigenvalue weighted by atomic mass is 31.0. The summed E-state index contributed by atoms with van der Waals surface area (Å²) >= 11 is 0. The van der Waals surface area contributed by atoms with Gasteiger partial charge < -0.3 is 4.98 Å². The van der Waals surface area contributed by atoms with Gasteiger partial charge in [0, 0.05) is 18.7 Å². The van der Waals surface area contributed by atoms with E-state index in [0.717, 1.165) is 29.3 Å². The molecule has 1 atom stereocenters. The number of nitriles is 1. The summed E-state index contributed by atoms with van der Waals surface area (Å²) in [5.74, 6) is 0. The van der Waals surface area contributed by atoms with E-state index in [1.807, 2.05) is 33.8 Å². The molecule has 0 radical (unpaired) electrons. The number of pyridine rings is 1. The van der Waals surface area contributed by atoms with E-state index in [1.54, 1.807) is 12.2 Å².